The van der Waals surface area contributed by atoms with Crippen molar-refractivity contribution in [2.75, 3.05) is 38.3 Å². The summed E-state index contributed by atoms with van der Waals surface area (Å²) in [4.78, 5) is 42.4. The zero-order chi connectivity index (χ0) is 29.4. The van der Waals surface area contributed by atoms with Crippen LogP contribution in [0.15, 0.2) is 24.3 Å². The molecule has 0 aromatic heterocycles. The first-order chi connectivity index (χ1) is 19.5. The Balaban J connectivity index is 1.38. The van der Waals surface area contributed by atoms with E-state index < -0.39 is 28.5 Å². The van der Waals surface area contributed by atoms with E-state index in [9.17, 15) is 24.6 Å². The number of aliphatic hydroxyl groups is 2. The van der Waals surface area contributed by atoms with Gasteiger partial charge in [-0.3, -0.25) is 9.59 Å². The number of nitrogens with zero attached hydrogens (tertiary/aromatic N) is 2. The van der Waals surface area contributed by atoms with Crippen LogP contribution in [-0.2, 0) is 19.1 Å². The maximum absolute atomic E-state index is 13.6. The van der Waals surface area contributed by atoms with Crippen molar-refractivity contribution in [1.82, 2.24) is 4.90 Å². The molecule has 2 aliphatic heterocycles. The molecule has 2 saturated carbocycles. The number of anilines is 1. The summed E-state index contributed by atoms with van der Waals surface area (Å²) in [5.74, 6) is -1.67. The molecule has 4 aliphatic rings. The van der Waals surface area contributed by atoms with E-state index in [0.29, 0.717) is 38.6 Å². The highest BCUT2D eigenvalue weighted by Gasteiger charge is 2.61. The highest BCUT2D eigenvalue weighted by Crippen LogP contribution is 2.55. The fraction of sp³-hybridized carbons (Fsp3) is 0.719. The van der Waals surface area contributed by atoms with Gasteiger partial charge >= 0.3 is 5.97 Å². The smallest absolute Gasteiger partial charge is 0.340 e. The lowest BCUT2D eigenvalue weighted by Crippen LogP contribution is -2.68. The van der Waals surface area contributed by atoms with Gasteiger partial charge in [-0.1, -0.05) is 32.4 Å². The van der Waals surface area contributed by atoms with E-state index in [1.807, 2.05) is 0 Å². The number of carbonyl (C=O) groups excluding carboxylic acids is 3. The number of amides is 2. The third-order valence-corrected chi connectivity index (χ3v) is 10.6. The fourth-order valence-corrected chi connectivity index (χ4v) is 8.09. The van der Waals surface area contributed by atoms with Crippen molar-refractivity contribution < 1.29 is 34.1 Å². The minimum absolute atomic E-state index is 0.0164. The molecule has 2 saturated heterocycles. The van der Waals surface area contributed by atoms with Crippen LogP contribution < -0.4 is 4.90 Å². The van der Waals surface area contributed by atoms with Crippen molar-refractivity contribution in [2.24, 2.45) is 17.3 Å². The van der Waals surface area contributed by atoms with Crippen LogP contribution in [0.2, 0.25) is 0 Å². The minimum Gasteiger partial charge on any atom is -0.461 e. The van der Waals surface area contributed by atoms with Crippen molar-refractivity contribution in [2.45, 2.75) is 95.4 Å². The predicted octanol–water partition coefficient (Wildman–Crippen LogP) is 3.70. The average molecular weight is 571 g/mol. The van der Waals surface area contributed by atoms with Gasteiger partial charge in [-0.25, -0.2) is 9.69 Å². The number of esters is 1. The number of fused-ring (bicyclic) bond motifs is 2. The van der Waals surface area contributed by atoms with E-state index in [1.165, 1.54) is 0 Å². The van der Waals surface area contributed by atoms with Crippen LogP contribution in [0.4, 0.5) is 5.69 Å². The number of ether oxygens (including phenoxy) is 2. The summed E-state index contributed by atoms with van der Waals surface area (Å²) in [5.41, 5.74) is -2.25. The molecule has 2 unspecified atom stereocenters. The first-order valence-corrected chi connectivity index (χ1v) is 15.4. The van der Waals surface area contributed by atoms with Gasteiger partial charge in [-0.15, -0.1) is 0 Å². The van der Waals surface area contributed by atoms with Gasteiger partial charge in [0.15, 0.2) is 0 Å². The maximum Gasteiger partial charge on any atom is 0.340 e. The molecule has 1 aromatic rings. The topological polar surface area (TPSA) is 117 Å². The number of carbonyl (C=O) groups is 3. The Morgan fingerprint density at radius 3 is 2.56 bits per heavy atom. The largest absolute Gasteiger partial charge is 0.461 e. The van der Waals surface area contributed by atoms with Crippen LogP contribution in [0.3, 0.4) is 0 Å². The number of piperidine rings is 1. The Labute approximate surface area is 243 Å². The summed E-state index contributed by atoms with van der Waals surface area (Å²) in [6.45, 7) is 6.06. The summed E-state index contributed by atoms with van der Waals surface area (Å²) >= 11 is 0. The second-order valence-electron chi connectivity index (χ2n) is 13.1. The Morgan fingerprint density at radius 2 is 1.85 bits per heavy atom. The predicted molar refractivity (Wildman–Crippen MR) is 153 cm³/mol. The Bertz CT molecular complexity index is 1160. The molecule has 2 bridgehead atoms. The monoisotopic (exact) mass is 570 g/mol. The quantitative estimate of drug-likeness (QED) is 0.341. The molecule has 41 heavy (non-hydrogen) atoms. The van der Waals surface area contributed by atoms with Crippen molar-refractivity contribution in [3.05, 3.63) is 29.8 Å². The van der Waals surface area contributed by atoms with Crippen LogP contribution in [-0.4, -0.2) is 83.6 Å². The molecule has 0 spiro atoms. The number of benzene rings is 1. The van der Waals surface area contributed by atoms with Gasteiger partial charge in [0.2, 0.25) is 11.8 Å². The van der Waals surface area contributed by atoms with Gasteiger partial charge in [0.25, 0.3) is 0 Å². The minimum atomic E-state index is -1.09. The highest BCUT2D eigenvalue weighted by atomic mass is 16.5. The molecule has 2 aliphatic carbocycles. The molecular formula is C32H46N2O7. The molecule has 2 N–H and O–H groups in total. The summed E-state index contributed by atoms with van der Waals surface area (Å²) in [5, 5.41) is 24.0. The number of methoxy groups -OCH3 is 1. The normalized spacial score (nSPS) is 36.0. The van der Waals surface area contributed by atoms with Gasteiger partial charge in [-0.2, -0.15) is 0 Å². The van der Waals surface area contributed by atoms with Crippen molar-refractivity contribution in [1.29, 1.82) is 0 Å². The molecule has 9 nitrogen and oxygen atoms in total. The summed E-state index contributed by atoms with van der Waals surface area (Å²) in [7, 11) is 1.69. The Morgan fingerprint density at radius 1 is 1.10 bits per heavy atom. The lowest BCUT2D eigenvalue weighted by Gasteiger charge is -2.60. The maximum atomic E-state index is 13.6. The number of hydrogen-bond acceptors (Lipinski definition) is 8. The van der Waals surface area contributed by atoms with E-state index in [2.05, 4.69) is 11.8 Å². The number of imide groups is 1. The molecule has 0 radical (unpaired) electrons. The third kappa shape index (κ3) is 5.58. The van der Waals surface area contributed by atoms with Crippen LogP contribution >= 0.6 is 0 Å². The standard InChI is InChI=1S/C32H46N2O7/c1-4-33-19-23-9-7-13-30(20-33,32(23,39)16-15-31(38)14-8-10-24(18-31)40-3)21-41-29(37)25-11-5-6-12-26(25)34-27(35)17-22(2)28(34)36/h5-6,11-12,22-24,38-39H,4,7-10,13-21H2,1-3H3/t22?,23-,24-,30+,31-,32?/m1/s1. The molecule has 226 valence electrons. The zero-order valence-electron chi connectivity index (χ0n) is 24.8. The third-order valence-electron chi connectivity index (χ3n) is 10.6. The van der Waals surface area contributed by atoms with E-state index in [4.69, 9.17) is 9.47 Å². The lowest BCUT2D eigenvalue weighted by molar-refractivity contribution is -0.220. The second-order valence-corrected chi connectivity index (χ2v) is 13.1. The number of hydrogen-bond donors (Lipinski definition) is 2. The average Bonchev–Trinajstić information content (AvgIpc) is 3.21. The first kappa shape index (κ1) is 30.1. The summed E-state index contributed by atoms with van der Waals surface area (Å²) < 4.78 is 11.6. The van der Waals surface area contributed by atoms with Gasteiger partial charge < -0.3 is 24.6 Å². The van der Waals surface area contributed by atoms with Gasteiger partial charge in [0.05, 0.1) is 28.6 Å². The summed E-state index contributed by atoms with van der Waals surface area (Å²) in [6, 6.07) is 6.58. The molecule has 2 heterocycles. The Hall–Kier alpha value is -2.33. The van der Waals surface area contributed by atoms with E-state index >= 15 is 0 Å². The molecule has 4 fully saturated rings. The Kier molecular flexibility index (Phi) is 8.63. The highest BCUT2D eigenvalue weighted by molar-refractivity contribution is 6.22. The van der Waals surface area contributed by atoms with Crippen molar-refractivity contribution in [3.8, 4) is 0 Å². The summed E-state index contributed by atoms with van der Waals surface area (Å²) in [6.07, 6.45) is 6.68. The van der Waals surface area contributed by atoms with E-state index in [-0.39, 0.29) is 48.1 Å². The van der Waals surface area contributed by atoms with Crippen LogP contribution in [0, 0.1) is 17.3 Å². The van der Waals surface area contributed by atoms with Gasteiger partial charge in [0.1, 0.15) is 6.61 Å². The molecule has 2 amide bonds. The lowest BCUT2D eigenvalue weighted by atomic mass is 9.54. The first-order valence-electron chi connectivity index (χ1n) is 15.4. The van der Waals surface area contributed by atoms with Crippen LogP contribution in [0.25, 0.3) is 0 Å². The van der Waals surface area contributed by atoms with Crippen LogP contribution in [0.5, 0.6) is 0 Å². The van der Waals surface area contributed by atoms with Gasteiger partial charge in [-0.05, 0) is 63.6 Å². The second kappa shape index (κ2) is 11.7. The van der Waals surface area contributed by atoms with E-state index in [1.54, 1.807) is 38.3 Å². The molecular weight excluding hydrogens is 524 g/mol. The molecule has 1 aromatic carbocycles. The number of likely N-dealkylation sites (tertiary alicyclic amines) is 1. The SMILES string of the molecule is CCN1C[C@H]2CCC[C@@](COC(=O)c3ccccc3N3C(=O)CC(C)C3=O)(C1)C2(O)CC[C@]1(O)CCC[C@@H](OC)C1. The van der Waals surface area contributed by atoms with Gasteiger partial charge in [0, 0.05) is 50.3 Å². The molecule has 6 atom stereocenters. The van der Waals surface area contributed by atoms with Crippen LogP contribution in [0.1, 0.15) is 88.4 Å². The molecule has 9 heteroatoms. The molecule has 5 rings (SSSR count). The van der Waals surface area contributed by atoms with E-state index in [0.717, 1.165) is 43.7 Å². The number of para-hydroxylation sites is 1. The fourth-order valence-electron chi connectivity index (χ4n) is 8.09. The van der Waals surface area contributed by atoms with Crippen molar-refractivity contribution in [3.63, 3.8) is 0 Å². The number of rotatable bonds is 9. The van der Waals surface area contributed by atoms with Crippen molar-refractivity contribution >= 4 is 23.5 Å². The zero-order valence-corrected chi connectivity index (χ0v) is 24.8.